The SMILES string of the molecule is CC[C@H](C)n1c(S[C@H](C)C(=O)N[C@@H]2CCS(=O)(=O)C2)nc2ccccc2c1=O. The lowest BCUT2D eigenvalue weighted by Crippen LogP contribution is -2.40. The van der Waals surface area contributed by atoms with Crippen molar-refractivity contribution >= 4 is 38.4 Å². The minimum atomic E-state index is -3.06. The highest BCUT2D eigenvalue weighted by atomic mass is 32.2. The van der Waals surface area contributed by atoms with Crippen molar-refractivity contribution < 1.29 is 13.2 Å². The average Bonchev–Trinajstić information content (AvgIpc) is 2.99. The Hall–Kier alpha value is -1.87. The first-order valence-electron chi connectivity index (χ1n) is 9.40. The molecule has 1 aliphatic rings. The summed E-state index contributed by atoms with van der Waals surface area (Å²) in [5.41, 5.74) is 0.487. The van der Waals surface area contributed by atoms with Crippen molar-refractivity contribution in [2.45, 2.75) is 56.1 Å². The zero-order chi connectivity index (χ0) is 20.5. The normalized spacial score (nSPS) is 20.8. The lowest BCUT2D eigenvalue weighted by molar-refractivity contribution is -0.120. The summed E-state index contributed by atoms with van der Waals surface area (Å²) in [6.45, 7) is 5.69. The molecule has 1 aromatic carbocycles. The number of aromatic nitrogens is 2. The van der Waals surface area contributed by atoms with Gasteiger partial charge in [-0.2, -0.15) is 0 Å². The number of thioether (sulfide) groups is 1. The van der Waals surface area contributed by atoms with Crippen molar-refractivity contribution in [3.63, 3.8) is 0 Å². The van der Waals surface area contributed by atoms with E-state index in [0.717, 1.165) is 6.42 Å². The first-order chi connectivity index (χ1) is 13.2. The second-order valence-electron chi connectivity index (χ2n) is 7.21. The van der Waals surface area contributed by atoms with Crippen LogP contribution >= 0.6 is 11.8 Å². The number of nitrogens with zero attached hydrogens (tertiary/aromatic N) is 2. The number of amides is 1. The molecule has 0 spiro atoms. The quantitative estimate of drug-likeness (QED) is 0.565. The summed E-state index contributed by atoms with van der Waals surface area (Å²) >= 11 is 1.22. The molecule has 2 heterocycles. The van der Waals surface area contributed by atoms with E-state index in [4.69, 9.17) is 0 Å². The lowest BCUT2D eigenvalue weighted by atomic mass is 10.2. The number of hydrogen-bond acceptors (Lipinski definition) is 6. The second-order valence-corrected chi connectivity index (χ2v) is 10.7. The Bertz CT molecular complexity index is 1050. The first-order valence-corrected chi connectivity index (χ1v) is 12.1. The van der Waals surface area contributed by atoms with Crippen molar-refractivity contribution in [3.05, 3.63) is 34.6 Å². The lowest BCUT2D eigenvalue weighted by Gasteiger charge is -2.21. The largest absolute Gasteiger partial charge is 0.351 e. The Morgan fingerprint density at radius 2 is 2.07 bits per heavy atom. The maximum absolute atomic E-state index is 13.0. The van der Waals surface area contributed by atoms with E-state index in [-0.39, 0.29) is 35.1 Å². The van der Waals surface area contributed by atoms with Gasteiger partial charge in [0, 0.05) is 12.1 Å². The van der Waals surface area contributed by atoms with E-state index in [9.17, 15) is 18.0 Å². The molecule has 2 aromatic rings. The molecule has 152 valence electrons. The van der Waals surface area contributed by atoms with Crippen LogP contribution in [0.4, 0.5) is 0 Å². The maximum atomic E-state index is 13.0. The van der Waals surface area contributed by atoms with Gasteiger partial charge >= 0.3 is 0 Å². The Balaban J connectivity index is 1.86. The van der Waals surface area contributed by atoms with Gasteiger partial charge in [0.2, 0.25) is 5.91 Å². The molecule has 28 heavy (non-hydrogen) atoms. The summed E-state index contributed by atoms with van der Waals surface area (Å²) in [6.07, 6.45) is 1.20. The molecule has 1 aliphatic heterocycles. The number of fused-ring (bicyclic) bond motifs is 1. The fourth-order valence-corrected chi connectivity index (χ4v) is 5.91. The first kappa shape index (κ1) is 20.9. The Morgan fingerprint density at radius 3 is 2.71 bits per heavy atom. The van der Waals surface area contributed by atoms with Gasteiger partial charge in [-0.05, 0) is 38.8 Å². The van der Waals surface area contributed by atoms with Crippen LogP contribution in [0.15, 0.2) is 34.2 Å². The fraction of sp³-hybridized carbons (Fsp3) is 0.526. The Kier molecular flexibility index (Phi) is 6.14. The van der Waals surface area contributed by atoms with E-state index in [1.54, 1.807) is 23.6 Å². The Morgan fingerprint density at radius 1 is 1.36 bits per heavy atom. The van der Waals surface area contributed by atoms with Crippen molar-refractivity contribution in [1.82, 2.24) is 14.9 Å². The highest BCUT2D eigenvalue weighted by molar-refractivity contribution is 8.00. The van der Waals surface area contributed by atoms with E-state index < -0.39 is 15.1 Å². The summed E-state index contributed by atoms with van der Waals surface area (Å²) in [5, 5.41) is 3.36. The summed E-state index contributed by atoms with van der Waals surface area (Å²) in [4.78, 5) is 30.2. The van der Waals surface area contributed by atoms with Crippen LogP contribution < -0.4 is 10.9 Å². The van der Waals surface area contributed by atoms with Crippen LogP contribution in [0.1, 0.15) is 39.7 Å². The third kappa shape index (κ3) is 4.41. The van der Waals surface area contributed by atoms with Gasteiger partial charge < -0.3 is 5.32 Å². The molecular weight excluding hydrogens is 398 g/mol. The number of benzene rings is 1. The van der Waals surface area contributed by atoms with Crippen molar-refractivity contribution in [2.75, 3.05) is 11.5 Å². The molecule has 0 unspecified atom stereocenters. The molecule has 0 saturated carbocycles. The molecule has 1 N–H and O–H groups in total. The summed E-state index contributed by atoms with van der Waals surface area (Å²) < 4.78 is 24.8. The van der Waals surface area contributed by atoms with Crippen LogP contribution in [0, 0.1) is 0 Å². The molecule has 7 nitrogen and oxygen atoms in total. The van der Waals surface area contributed by atoms with E-state index in [1.807, 2.05) is 26.0 Å². The van der Waals surface area contributed by atoms with E-state index in [0.29, 0.717) is 22.5 Å². The number of para-hydroxylation sites is 1. The number of sulfone groups is 1. The molecule has 1 saturated heterocycles. The molecule has 3 atom stereocenters. The molecule has 1 aromatic heterocycles. The van der Waals surface area contributed by atoms with Crippen LogP contribution in [0.25, 0.3) is 10.9 Å². The number of carbonyl (C=O) groups is 1. The number of nitrogens with one attached hydrogen (secondary N) is 1. The van der Waals surface area contributed by atoms with Gasteiger partial charge in [0.05, 0.1) is 27.7 Å². The fourth-order valence-electron chi connectivity index (χ4n) is 3.22. The average molecular weight is 424 g/mol. The van der Waals surface area contributed by atoms with Crippen LogP contribution in [0.2, 0.25) is 0 Å². The summed E-state index contributed by atoms with van der Waals surface area (Å²) in [5.74, 6) is -0.147. The van der Waals surface area contributed by atoms with Crippen LogP contribution in [-0.4, -0.2) is 46.7 Å². The molecular formula is C19H25N3O4S2. The molecule has 9 heteroatoms. The van der Waals surface area contributed by atoms with Crippen molar-refractivity contribution in [1.29, 1.82) is 0 Å². The van der Waals surface area contributed by atoms with Crippen molar-refractivity contribution in [3.8, 4) is 0 Å². The van der Waals surface area contributed by atoms with Gasteiger partial charge in [0.1, 0.15) is 0 Å². The molecule has 0 aliphatic carbocycles. The van der Waals surface area contributed by atoms with Gasteiger partial charge in [0.25, 0.3) is 5.56 Å². The minimum absolute atomic E-state index is 0.0120. The monoisotopic (exact) mass is 423 g/mol. The van der Waals surface area contributed by atoms with Crippen LogP contribution in [0.3, 0.4) is 0 Å². The van der Waals surface area contributed by atoms with Crippen molar-refractivity contribution in [2.24, 2.45) is 0 Å². The standard InChI is InChI=1S/C19H25N3O4S2/c1-4-12(2)22-18(24)15-7-5-6-8-16(15)21-19(22)27-13(3)17(23)20-14-9-10-28(25,26)11-14/h5-8,12-14H,4,9-11H2,1-3H3,(H,20,23)/t12-,13+,14+/m0/s1. The van der Waals surface area contributed by atoms with Crippen LogP contribution in [-0.2, 0) is 14.6 Å². The molecule has 0 bridgehead atoms. The van der Waals surface area contributed by atoms with Crippen LogP contribution in [0.5, 0.6) is 0 Å². The molecule has 0 radical (unpaired) electrons. The summed E-state index contributed by atoms with van der Waals surface area (Å²) in [6, 6.07) is 6.78. The predicted octanol–water partition coefficient (Wildman–Crippen LogP) is 2.15. The van der Waals surface area contributed by atoms with E-state index in [2.05, 4.69) is 10.3 Å². The third-order valence-electron chi connectivity index (χ3n) is 5.04. The smallest absolute Gasteiger partial charge is 0.262 e. The minimum Gasteiger partial charge on any atom is -0.351 e. The zero-order valence-electron chi connectivity index (χ0n) is 16.2. The maximum Gasteiger partial charge on any atom is 0.262 e. The van der Waals surface area contributed by atoms with Gasteiger partial charge in [-0.1, -0.05) is 30.8 Å². The number of rotatable bonds is 6. The van der Waals surface area contributed by atoms with E-state index >= 15 is 0 Å². The summed E-state index contributed by atoms with van der Waals surface area (Å²) in [7, 11) is -3.06. The number of carbonyl (C=O) groups excluding carboxylic acids is 1. The van der Waals surface area contributed by atoms with E-state index in [1.165, 1.54) is 11.8 Å². The van der Waals surface area contributed by atoms with Gasteiger partial charge in [0.15, 0.2) is 15.0 Å². The second kappa shape index (κ2) is 8.24. The topological polar surface area (TPSA) is 98.1 Å². The highest BCUT2D eigenvalue weighted by Gasteiger charge is 2.30. The third-order valence-corrected chi connectivity index (χ3v) is 7.87. The molecule has 3 rings (SSSR count). The predicted molar refractivity (Wildman–Crippen MR) is 112 cm³/mol. The number of hydrogen-bond donors (Lipinski definition) is 1. The van der Waals surface area contributed by atoms with Gasteiger partial charge in [-0.15, -0.1) is 0 Å². The molecule has 1 fully saturated rings. The zero-order valence-corrected chi connectivity index (χ0v) is 17.8. The Labute approximate surface area is 168 Å². The van der Waals surface area contributed by atoms with Gasteiger partial charge in [-0.25, -0.2) is 13.4 Å². The molecule has 1 amide bonds. The highest BCUT2D eigenvalue weighted by Crippen LogP contribution is 2.26. The van der Waals surface area contributed by atoms with Gasteiger partial charge in [-0.3, -0.25) is 14.2 Å².